The van der Waals surface area contributed by atoms with Crippen molar-refractivity contribution in [2.24, 2.45) is 0 Å². The van der Waals surface area contributed by atoms with Crippen LogP contribution < -0.4 is 0 Å². The number of aromatic nitrogens is 2. The molecule has 1 N–H and O–H groups in total. The second-order valence-corrected chi connectivity index (χ2v) is 7.63. The second-order valence-electron chi connectivity index (χ2n) is 7.63. The highest BCUT2D eigenvalue weighted by Gasteiger charge is 2.27. The van der Waals surface area contributed by atoms with Gasteiger partial charge in [0.05, 0.1) is 28.9 Å². The maximum absolute atomic E-state index is 13.0. The number of Topliss-reactive ketones (excluding diaryl/α,β-unsaturated/α-hetero) is 1. The third-order valence-electron chi connectivity index (χ3n) is 5.65. The van der Waals surface area contributed by atoms with Crippen LogP contribution in [0.2, 0.25) is 0 Å². The number of carbonyl (C=O) groups is 3. The summed E-state index contributed by atoms with van der Waals surface area (Å²) in [7, 11) is 0. The minimum atomic E-state index is -0.531. The molecule has 0 saturated carbocycles. The van der Waals surface area contributed by atoms with Gasteiger partial charge in [-0.1, -0.05) is 18.2 Å². The monoisotopic (exact) mass is 420 g/mol. The van der Waals surface area contributed by atoms with Gasteiger partial charge in [-0.25, -0.2) is 9.59 Å². The zero-order chi connectivity index (χ0) is 22.1. The first-order valence-corrected chi connectivity index (χ1v) is 10.4. The van der Waals surface area contributed by atoms with E-state index in [4.69, 9.17) is 9.47 Å². The van der Waals surface area contributed by atoms with Crippen LogP contribution in [0.3, 0.4) is 0 Å². The van der Waals surface area contributed by atoms with Gasteiger partial charge in [-0.05, 0) is 57.2 Å². The molecule has 0 amide bonds. The fourth-order valence-electron chi connectivity index (χ4n) is 4.26. The molecule has 4 rings (SSSR count). The minimum absolute atomic E-state index is 0.244. The van der Waals surface area contributed by atoms with E-state index in [1.165, 1.54) is 0 Å². The van der Waals surface area contributed by atoms with E-state index in [-0.39, 0.29) is 12.3 Å². The summed E-state index contributed by atoms with van der Waals surface area (Å²) in [6, 6.07) is 7.46. The Labute approximate surface area is 179 Å². The molecule has 1 aromatic carbocycles. The first-order valence-electron chi connectivity index (χ1n) is 10.4. The third kappa shape index (κ3) is 3.71. The summed E-state index contributed by atoms with van der Waals surface area (Å²) in [5.41, 5.74) is 4.71. The van der Waals surface area contributed by atoms with Crippen molar-refractivity contribution in [1.29, 1.82) is 0 Å². The summed E-state index contributed by atoms with van der Waals surface area (Å²) in [6.45, 7) is 4.92. The minimum Gasteiger partial charge on any atom is -0.462 e. The number of carbonyl (C=O) groups excluding carboxylic acids is 3. The smallest absolute Gasteiger partial charge is 0.340 e. The van der Waals surface area contributed by atoms with Crippen molar-refractivity contribution in [2.75, 3.05) is 13.2 Å². The summed E-state index contributed by atoms with van der Waals surface area (Å²) < 4.78 is 10.5. The largest absolute Gasteiger partial charge is 0.462 e. The fourth-order valence-corrected chi connectivity index (χ4v) is 4.26. The van der Waals surface area contributed by atoms with Gasteiger partial charge in [0.15, 0.2) is 6.61 Å². The van der Waals surface area contributed by atoms with Crippen molar-refractivity contribution in [1.82, 2.24) is 9.97 Å². The normalized spacial score (nSPS) is 12.6. The highest BCUT2D eigenvalue weighted by molar-refractivity contribution is 6.07. The molecule has 160 valence electrons. The number of pyridine rings is 1. The molecule has 1 aliphatic carbocycles. The summed E-state index contributed by atoms with van der Waals surface area (Å²) >= 11 is 0. The number of para-hydroxylation sites is 1. The lowest BCUT2D eigenvalue weighted by Gasteiger charge is -2.12. The Balaban J connectivity index is 1.58. The molecule has 0 fully saturated rings. The number of ketones is 1. The molecule has 0 saturated heterocycles. The number of aromatic amines is 1. The molecular weight excluding hydrogens is 396 g/mol. The lowest BCUT2D eigenvalue weighted by atomic mass is 10.0. The van der Waals surface area contributed by atoms with Crippen LogP contribution in [0.15, 0.2) is 24.3 Å². The zero-order valence-corrected chi connectivity index (χ0v) is 17.8. The molecule has 0 bridgehead atoms. The topological polar surface area (TPSA) is 98.4 Å². The van der Waals surface area contributed by atoms with Gasteiger partial charge in [-0.3, -0.25) is 9.78 Å². The second kappa shape index (κ2) is 8.34. The summed E-state index contributed by atoms with van der Waals surface area (Å²) in [5, 5.41) is 0.733. The van der Waals surface area contributed by atoms with Crippen molar-refractivity contribution in [3.05, 3.63) is 63.6 Å². The SMILES string of the molecule is CCOC(=O)c1c(C)[nH]c(C(=O)COC(=O)c2c3c(nc4ccccc24)CCC3)c1C. The van der Waals surface area contributed by atoms with Crippen LogP contribution in [0.1, 0.15) is 67.1 Å². The van der Waals surface area contributed by atoms with Gasteiger partial charge in [0.1, 0.15) is 0 Å². The molecule has 7 heteroatoms. The molecule has 2 heterocycles. The van der Waals surface area contributed by atoms with E-state index in [9.17, 15) is 14.4 Å². The van der Waals surface area contributed by atoms with Crippen molar-refractivity contribution in [3.8, 4) is 0 Å². The van der Waals surface area contributed by atoms with Crippen LogP contribution in [0.5, 0.6) is 0 Å². The van der Waals surface area contributed by atoms with E-state index in [2.05, 4.69) is 9.97 Å². The van der Waals surface area contributed by atoms with Crippen LogP contribution in [-0.4, -0.2) is 40.9 Å². The van der Waals surface area contributed by atoms with Gasteiger partial charge in [0, 0.05) is 16.8 Å². The number of rotatable bonds is 6. The number of hydrogen-bond acceptors (Lipinski definition) is 6. The number of ether oxygens (including phenoxy) is 2. The van der Waals surface area contributed by atoms with Gasteiger partial charge in [0.2, 0.25) is 5.78 Å². The number of nitrogens with zero attached hydrogens (tertiary/aromatic N) is 1. The van der Waals surface area contributed by atoms with Crippen LogP contribution in [0.25, 0.3) is 10.9 Å². The number of esters is 2. The Kier molecular flexibility index (Phi) is 5.59. The summed E-state index contributed by atoms with van der Waals surface area (Å²) in [6.07, 6.45) is 2.54. The Morgan fingerprint density at radius 1 is 1.03 bits per heavy atom. The van der Waals surface area contributed by atoms with E-state index in [0.29, 0.717) is 22.4 Å². The lowest BCUT2D eigenvalue weighted by molar-refractivity contribution is 0.0473. The predicted octanol–water partition coefficient (Wildman–Crippen LogP) is 3.88. The molecular formula is C24H24N2O5. The number of benzene rings is 1. The third-order valence-corrected chi connectivity index (χ3v) is 5.65. The fraction of sp³-hybridized carbons (Fsp3) is 0.333. The molecule has 0 radical (unpaired) electrons. The number of aryl methyl sites for hydroxylation is 2. The van der Waals surface area contributed by atoms with Crippen LogP contribution in [0, 0.1) is 13.8 Å². The van der Waals surface area contributed by atoms with E-state index in [1.807, 2.05) is 24.3 Å². The van der Waals surface area contributed by atoms with Gasteiger partial charge in [-0.15, -0.1) is 0 Å². The van der Waals surface area contributed by atoms with Crippen molar-refractivity contribution >= 4 is 28.6 Å². The number of nitrogens with one attached hydrogen (secondary N) is 1. The molecule has 0 spiro atoms. The Bertz CT molecular complexity index is 1210. The quantitative estimate of drug-likeness (QED) is 0.480. The molecule has 2 aromatic heterocycles. The average molecular weight is 420 g/mol. The van der Waals surface area contributed by atoms with Crippen molar-refractivity contribution in [2.45, 2.75) is 40.0 Å². The molecule has 0 aliphatic heterocycles. The standard InChI is InChI=1S/C24H24N2O5/c1-4-30-23(28)20-13(2)22(25-14(20)3)19(27)12-31-24(29)21-15-8-5-6-10-17(15)26-18-11-7-9-16(18)21/h5-6,8,10,25H,4,7,9,11-12H2,1-3H3. The van der Waals surface area contributed by atoms with Crippen LogP contribution >= 0.6 is 0 Å². The summed E-state index contributed by atoms with van der Waals surface area (Å²) in [5.74, 6) is -1.42. The van der Waals surface area contributed by atoms with E-state index in [0.717, 1.165) is 41.4 Å². The molecule has 1 aliphatic rings. The summed E-state index contributed by atoms with van der Waals surface area (Å²) in [4.78, 5) is 45.6. The van der Waals surface area contributed by atoms with Gasteiger partial charge in [0.25, 0.3) is 0 Å². The highest BCUT2D eigenvalue weighted by atomic mass is 16.5. The van der Waals surface area contributed by atoms with Crippen molar-refractivity contribution < 1.29 is 23.9 Å². The number of H-pyrrole nitrogens is 1. The van der Waals surface area contributed by atoms with Crippen molar-refractivity contribution in [3.63, 3.8) is 0 Å². The number of hydrogen-bond donors (Lipinski definition) is 1. The van der Waals surface area contributed by atoms with E-state index >= 15 is 0 Å². The van der Waals surface area contributed by atoms with Crippen LogP contribution in [-0.2, 0) is 22.3 Å². The van der Waals surface area contributed by atoms with E-state index in [1.54, 1.807) is 20.8 Å². The Morgan fingerprint density at radius 3 is 2.55 bits per heavy atom. The van der Waals surface area contributed by atoms with Gasteiger partial charge < -0.3 is 14.5 Å². The predicted molar refractivity (Wildman–Crippen MR) is 115 cm³/mol. The lowest BCUT2D eigenvalue weighted by Crippen LogP contribution is -2.17. The molecule has 0 atom stereocenters. The average Bonchev–Trinajstić information content (AvgIpc) is 3.33. The van der Waals surface area contributed by atoms with Gasteiger partial charge >= 0.3 is 11.9 Å². The first kappa shape index (κ1) is 20.8. The van der Waals surface area contributed by atoms with Crippen LogP contribution in [0.4, 0.5) is 0 Å². The molecule has 31 heavy (non-hydrogen) atoms. The highest BCUT2D eigenvalue weighted by Crippen LogP contribution is 2.30. The Morgan fingerprint density at radius 2 is 1.77 bits per heavy atom. The van der Waals surface area contributed by atoms with E-state index < -0.39 is 24.3 Å². The van der Waals surface area contributed by atoms with Gasteiger partial charge in [-0.2, -0.15) is 0 Å². The molecule has 7 nitrogen and oxygen atoms in total. The maximum atomic E-state index is 13.0. The molecule has 3 aromatic rings. The maximum Gasteiger partial charge on any atom is 0.340 e. The number of fused-ring (bicyclic) bond motifs is 2. The molecule has 0 unspecified atom stereocenters. The first-order chi connectivity index (χ1) is 14.9. The zero-order valence-electron chi connectivity index (χ0n) is 17.8. The Hall–Kier alpha value is -3.48.